The standard InChI is InChI=1S/C20H31N3O3.ClH/c1-3-26-18-10-5-4-9-17(18)20(25)22-12-6-11-19(24)23-13-7-8-16(14-23)15(2)21;/h4-5,9-10,15-16H,3,6-8,11-14,21H2,1-2H3,(H,22,25);1H. The van der Waals surface area contributed by atoms with Gasteiger partial charge in [0.1, 0.15) is 5.75 Å². The van der Waals surface area contributed by atoms with Crippen molar-refractivity contribution in [2.24, 2.45) is 11.7 Å². The number of rotatable bonds is 8. The molecule has 6 nitrogen and oxygen atoms in total. The lowest BCUT2D eigenvalue weighted by atomic mass is 9.92. The molecule has 1 aliphatic rings. The van der Waals surface area contributed by atoms with Crippen molar-refractivity contribution < 1.29 is 14.3 Å². The average molecular weight is 398 g/mol. The summed E-state index contributed by atoms with van der Waals surface area (Å²) in [6, 6.07) is 7.30. The quantitative estimate of drug-likeness (QED) is 0.660. The van der Waals surface area contributed by atoms with Crippen LogP contribution in [0.15, 0.2) is 24.3 Å². The molecule has 1 fully saturated rings. The van der Waals surface area contributed by atoms with Crippen LogP contribution < -0.4 is 15.8 Å². The van der Waals surface area contributed by atoms with E-state index in [4.69, 9.17) is 10.5 Å². The molecule has 2 unspecified atom stereocenters. The maximum atomic E-state index is 12.4. The molecule has 1 saturated heterocycles. The van der Waals surface area contributed by atoms with Crippen LogP contribution in [0.4, 0.5) is 0 Å². The first-order chi connectivity index (χ1) is 12.5. The van der Waals surface area contributed by atoms with Crippen LogP contribution in [0.3, 0.4) is 0 Å². The third kappa shape index (κ3) is 7.03. The fourth-order valence-electron chi connectivity index (χ4n) is 3.30. The normalized spacial score (nSPS) is 17.6. The second-order valence-corrected chi connectivity index (χ2v) is 6.89. The molecular formula is C20H32ClN3O3. The maximum Gasteiger partial charge on any atom is 0.255 e. The zero-order chi connectivity index (χ0) is 18.9. The number of hydrogen-bond donors (Lipinski definition) is 2. The van der Waals surface area contributed by atoms with E-state index in [0.717, 1.165) is 25.9 Å². The Hall–Kier alpha value is -1.79. The predicted octanol–water partition coefficient (Wildman–Crippen LogP) is 2.60. The van der Waals surface area contributed by atoms with E-state index in [2.05, 4.69) is 5.32 Å². The van der Waals surface area contributed by atoms with E-state index in [1.165, 1.54) is 0 Å². The topological polar surface area (TPSA) is 84.7 Å². The molecule has 0 radical (unpaired) electrons. The van der Waals surface area contributed by atoms with Crippen molar-refractivity contribution in [3.05, 3.63) is 29.8 Å². The summed E-state index contributed by atoms with van der Waals surface area (Å²) >= 11 is 0. The molecule has 1 aliphatic heterocycles. The number of piperidine rings is 1. The molecular weight excluding hydrogens is 366 g/mol. The lowest BCUT2D eigenvalue weighted by molar-refractivity contribution is -0.133. The smallest absolute Gasteiger partial charge is 0.255 e. The Labute approximate surface area is 168 Å². The molecule has 3 N–H and O–H groups in total. The Morgan fingerprint density at radius 1 is 1.37 bits per heavy atom. The summed E-state index contributed by atoms with van der Waals surface area (Å²) in [7, 11) is 0. The zero-order valence-electron chi connectivity index (χ0n) is 16.3. The maximum absolute atomic E-state index is 12.4. The van der Waals surface area contributed by atoms with Gasteiger partial charge in [0.2, 0.25) is 5.91 Å². The molecule has 0 aliphatic carbocycles. The van der Waals surface area contributed by atoms with E-state index in [9.17, 15) is 9.59 Å². The molecule has 152 valence electrons. The third-order valence-corrected chi connectivity index (χ3v) is 4.84. The number of nitrogens with one attached hydrogen (secondary N) is 1. The van der Waals surface area contributed by atoms with Gasteiger partial charge in [-0.3, -0.25) is 9.59 Å². The Balaban J connectivity index is 0.00000364. The Kier molecular flexibility index (Phi) is 10.2. The number of nitrogens with two attached hydrogens (primary N) is 1. The monoisotopic (exact) mass is 397 g/mol. The molecule has 1 aromatic rings. The van der Waals surface area contributed by atoms with Gasteiger partial charge in [0.05, 0.1) is 12.2 Å². The Morgan fingerprint density at radius 2 is 2.11 bits per heavy atom. The minimum absolute atomic E-state index is 0. The number of carbonyl (C=O) groups is 2. The van der Waals surface area contributed by atoms with Gasteiger partial charge in [-0.25, -0.2) is 0 Å². The van der Waals surface area contributed by atoms with Crippen LogP contribution in [-0.4, -0.2) is 49.0 Å². The van der Waals surface area contributed by atoms with Gasteiger partial charge in [-0.1, -0.05) is 12.1 Å². The summed E-state index contributed by atoms with van der Waals surface area (Å²) in [6.45, 7) is 6.44. The molecule has 0 saturated carbocycles. The average Bonchev–Trinajstić information content (AvgIpc) is 2.65. The Bertz CT molecular complexity index is 610. The van der Waals surface area contributed by atoms with Gasteiger partial charge in [0.15, 0.2) is 0 Å². The van der Waals surface area contributed by atoms with Gasteiger partial charge in [-0.15, -0.1) is 12.4 Å². The highest BCUT2D eigenvalue weighted by Gasteiger charge is 2.25. The van der Waals surface area contributed by atoms with Crippen molar-refractivity contribution in [2.45, 2.75) is 45.6 Å². The lowest BCUT2D eigenvalue weighted by Gasteiger charge is -2.34. The van der Waals surface area contributed by atoms with Crippen LogP contribution in [0.1, 0.15) is 49.9 Å². The third-order valence-electron chi connectivity index (χ3n) is 4.84. The van der Waals surface area contributed by atoms with Gasteiger partial charge in [0.25, 0.3) is 5.91 Å². The van der Waals surface area contributed by atoms with Gasteiger partial charge < -0.3 is 20.7 Å². The molecule has 1 heterocycles. The fourth-order valence-corrected chi connectivity index (χ4v) is 3.30. The highest BCUT2D eigenvalue weighted by Crippen LogP contribution is 2.20. The number of nitrogens with zero attached hydrogens (tertiary/aromatic N) is 1. The van der Waals surface area contributed by atoms with Gasteiger partial charge >= 0.3 is 0 Å². The van der Waals surface area contributed by atoms with E-state index in [-0.39, 0.29) is 30.3 Å². The summed E-state index contributed by atoms with van der Waals surface area (Å²) < 4.78 is 5.48. The van der Waals surface area contributed by atoms with E-state index >= 15 is 0 Å². The number of carbonyl (C=O) groups excluding carboxylic acids is 2. The largest absolute Gasteiger partial charge is 0.493 e. The number of amides is 2. The van der Waals surface area contributed by atoms with Crippen molar-refractivity contribution in [1.29, 1.82) is 0 Å². The molecule has 2 rings (SSSR count). The van der Waals surface area contributed by atoms with E-state index < -0.39 is 0 Å². The van der Waals surface area contributed by atoms with Crippen LogP contribution >= 0.6 is 12.4 Å². The van der Waals surface area contributed by atoms with Crippen LogP contribution in [-0.2, 0) is 4.79 Å². The molecule has 2 atom stereocenters. The number of hydrogen-bond acceptors (Lipinski definition) is 4. The summed E-state index contributed by atoms with van der Waals surface area (Å²) in [5.41, 5.74) is 6.50. The number of halogens is 1. The van der Waals surface area contributed by atoms with Gasteiger partial charge in [-0.2, -0.15) is 0 Å². The highest BCUT2D eigenvalue weighted by atomic mass is 35.5. The molecule has 0 bridgehead atoms. The zero-order valence-corrected chi connectivity index (χ0v) is 17.1. The second kappa shape index (κ2) is 11.8. The summed E-state index contributed by atoms with van der Waals surface area (Å²) in [4.78, 5) is 26.6. The van der Waals surface area contributed by atoms with Crippen molar-refractivity contribution in [1.82, 2.24) is 10.2 Å². The number of para-hydroxylation sites is 1. The van der Waals surface area contributed by atoms with Crippen LogP contribution in [0, 0.1) is 5.92 Å². The van der Waals surface area contributed by atoms with Gasteiger partial charge in [0, 0.05) is 32.1 Å². The molecule has 0 spiro atoms. The fraction of sp³-hybridized carbons (Fsp3) is 0.600. The van der Waals surface area contributed by atoms with Crippen molar-refractivity contribution >= 4 is 24.2 Å². The summed E-state index contributed by atoms with van der Waals surface area (Å²) in [5.74, 6) is 0.956. The van der Waals surface area contributed by atoms with E-state index in [1.807, 2.05) is 30.9 Å². The number of ether oxygens (including phenoxy) is 1. The van der Waals surface area contributed by atoms with Crippen LogP contribution in [0.5, 0.6) is 5.75 Å². The lowest BCUT2D eigenvalue weighted by Crippen LogP contribution is -2.45. The summed E-state index contributed by atoms with van der Waals surface area (Å²) in [5, 5.41) is 2.87. The first-order valence-electron chi connectivity index (χ1n) is 9.56. The van der Waals surface area contributed by atoms with Crippen LogP contribution in [0.2, 0.25) is 0 Å². The Morgan fingerprint density at radius 3 is 2.81 bits per heavy atom. The molecule has 1 aromatic carbocycles. The van der Waals surface area contributed by atoms with Crippen molar-refractivity contribution in [3.63, 3.8) is 0 Å². The summed E-state index contributed by atoms with van der Waals surface area (Å²) in [6.07, 6.45) is 3.18. The van der Waals surface area contributed by atoms with E-state index in [0.29, 0.717) is 43.2 Å². The number of likely N-dealkylation sites (tertiary alicyclic amines) is 1. The molecule has 27 heavy (non-hydrogen) atoms. The van der Waals surface area contributed by atoms with Crippen molar-refractivity contribution in [2.75, 3.05) is 26.2 Å². The second-order valence-electron chi connectivity index (χ2n) is 6.89. The molecule has 2 amide bonds. The molecule has 0 aromatic heterocycles. The van der Waals surface area contributed by atoms with Crippen LogP contribution in [0.25, 0.3) is 0 Å². The van der Waals surface area contributed by atoms with Crippen molar-refractivity contribution in [3.8, 4) is 5.75 Å². The highest BCUT2D eigenvalue weighted by molar-refractivity contribution is 5.96. The van der Waals surface area contributed by atoms with Gasteiger partial charge in [-0.05, 0) is 51.2 Å². The number of benzene rings is 1. The molecule has 7 heteroatoms. The minimum atomic E-state index is -0.170. The van der Waals surface area contributed by atoms with E-state index in [1.54, 1.807) is 12.1 Å². The SMILES string of the molecule is CCOc1ccccc1C(=O)NCCCC(=O)N1CCCC(C(C)N)C1.Cl. The first-order valence-corrected chi connectivity index (χ1v) is 9.56. The minimum Gasteiger partial charge on any atom is -0.493 e. The first kappa shape index (κ1) is 23.2. The predicted molar refractivity (Wildman–Crippen MR) is 109 cm³/mol.